The predicted octanol–water partition coefficient (Wildman–Crippen LogP) is 4.00. The van der Waals surface area contributed by atoms with E-state index in [0.717, 1.165) is 39.4 Å². The number of aromatic amines is 1. The van der Waals surface area contributed by atoms with Crippen molar-refractivity contribution in [2.45, 2.75) is 25.3 Å². The molecule has 2 N–H and O–H groups in total. The van der Waals surface area contributed by atoms with Crippen LogP contribution in [0.3, 0.4) is 0 Å². The Morgan fingerprint density at radius 2 is 1.74 bits per heavy atom. The van der Waals surface area contributed by atoms with Crippen LogP contribution >= 0.6 is 0 Å². The Bertz CT molecular complexity index is 1500. The number of para-hydroxylation sites is 1. The largest absolute Gasteiger partial charge is 0.465 e. The highest BCUT2D eigenvalue weighted by Gasteiger charge is 2.45. The van der Waals surface area contributed by atoms with E-state index in [9.17, 15) is 14.4 Å². The average molecular weight is 470 g/mol. The molecular formula is C28H27N3O4. The summed E-state index contributed by atoms with van der Waals surface area (Å²) in [6.07, 6.45) is 1.73. The topological polar surface area (TPSA) is 91.5 Å². The van der Waals surface area contributed by atoms with Crippen LogP contribution in [0.4, 0.5) is 0 Å². The Kier molecular flexibility index (Phi) is 5.65. The van der Waals surface area contributed by atoms with Gasteiger partial charge in [-0.2, -0.15) is 0 Å². The third-order valence-electron chi connectivity index (χ3n) is 6.79. The second-order valence-electron chi connectivity index (χ2n) is 9.36. The zero-order valence-electron chi connectivity index (χ0n) is 20.1. The lowest BCUT2D eigenvalue weighted by atomic mass is 9.79. The lowest BCUT2D eigenvalue weighted by Crippen LogP contribution is -2.22. The number of carbonyl (C=O) groups excluding carboxylic acids is 3. The van der Waals surface area contributed by atoms with Crippen LogP contribution in [-0.2, 0) is 20.9 Å². The van der Waals surface area contributed by atoms with E-state index >= 15 is 0 Å². The average Bonchev–Trinajstić information content (AvgIpc) is 3.37. The molecule has 2 amide bonds. The van der Waals surface area contributed by atoms with Crippen molar-refractivity contribution in [2.24, 2.45) is 0 Å². The van der Waals surface area contributed by atoms with E-state index in [4.69, 9.17) is 4.74 Å². The van der Waals surface area contributed by atoms with Crippen molar-refractivity contribution in [3.63, 3.8) is 0 Å². The molecule has 0 bridgehead atoms. The maximum Gasteiger partial charge on any atom is 0.339 e. The summed E-state index contributed by atoms with van der Waals surface area (Å²) in [4.78, 5) is 44.0. The maximum atomic E-state index is 13.3. The highest BCUT2D eigenvalue weighted by atomic mass is 16.5. The number of nitrogens with one attached hydrogen (secondary N) is 2. The van der Waals surface area contributed by atoms with Crippen molar-refractivity contribution in [3.8, 4) is 0 Å². The van der Waals surface area contributed by atoms with Crippen LogP contribution in [0.5, 0.6) is 0 Å². The first-order chi connectivity index (χ1) is 16.8. The molecule has 1 saturated heterocycles. The molecule has 35 heavy (non-hydrogen) atoms. The van der Waals surface area contributed by atoms with Crippen LogP contribution in [-0.4, -0.2) is 48.9 Å². The number of esters is 1. The number of hydrogen-bond acceptors (Lipinski definition) is 5. The van der Waals surface area contributed by atoms with Gasteiger partial charge < -0.3 is 14.6 Å². The van der Waals surface area contributed by atoms with Gasteiger partial charge in [-0.15, -0.1) is 0 Å². The second-order valence-corrected chi connectivity index (χ2v) is 9.36. The summed E-state index contributed by atoms with van der Waals surface area (Å²) in [5.74, 6) is -2.55. The number of aromatic nitrogens is 1. The smallest absolute Gasteiger partial charge is 0.339 e. The maximum absolute atomic E-state index is 13.3. The molecule has 2 atom stereocenters. The van der Waals surface area contributed by atoms with Crippen molar-refractivity contribution in [1.29, 1.82) is 0 Å². The Labute approximate surface area is 203 Å². The van der Waals surface area contributed by atoms with Crippen molar-refractivity contribution in [2.75, 3.05) is 21.2 Å². The predicted molar refractivity (Wildman–Crippen MR) is 134 cm³/mol. The molecular weight excluding hydrogens is 442 g/mol. The SMILES string of the molecule is COC(=O)c1cccc2c(C3C(=O)NC(=O)C3c3c(C)ccc4ccc(CN(C)C)cc34)c[nH]c12. The highest BCUT2D eigenvalue weighted by Crippen LogP contribution is 2.44. The number of ether oxygens (including phenoxy) is 1. The third-order valence-corrected chi connectivity index (χ3v) is 6.79. The number of fused-ring (bicyclic) bond motifs is 2. The van der Waals surface area contributed by atoms with Crippen LogP contribution in [0.1, 0.15) is 44.4 Å². The van der Waals surface area contributed by atoms with Crippen LogP contribution in [0.15, 0.2) is 54.7 Å². The van der Waals surface area contributed by atoms with Gasteiger partial charge in [-0.1, -0.05) is 36.4 Å². The van der Waals surface area contributed by atoms with Gasteiger partial charge in [0.1, 0.15) is 0 Å². The molecule has 2 unspecified atom stereocenters. The molecule has 0 radical (unpaired) electrons. The highest BCUT2D eigenvalue weighted by molar-refractivity contribution is 6.14. The molecule has 0 spiro atoms. The third kappa shape index (κ3) is 3.78. The second kappa shape index (κ2) is 8.67. The monoisotopic (exact) mass is 469 g/mol. The number of H-pyrrole nitrogens is 1. The number of amides is 2. The minimum atomic E-state index is -0.731. The molecule has 7 nitrogen and oxygen atoms in total. The van der Waals surface area contributed by atoms with Crippen molar-refractivity contribution in [1.82, 2.24) is 15.2 Å². The quantitative estimate of drug-likeness (QED) is 0.341. The molecule has 5 rings (SSSR count). The van der Waals surface area contributed by atoms with Gasteiger partial charge in [0.2, 0.25) is 11.8 Å². The van der Waals surface area contributed by atoms with Crippen LogP contribution < -0.4 is 5.32 Å². The van der Waals surface area contributed by atoms with Gasteiger partial charge in [-0.25, -0.2) is 4.79 Å². The fraction of sp³-hybridized carbons (Fsp3) is 0.250. The molecule has 0 saturated carbocycles. The molecule has 4 aromatic rings. The Hall–Kier alpha value is -3.97. The molecule has 1 aromatic heterocycles. The van der Waals surface area contributed by atoms with E-state index in [0.29, 0.717) is 16.6 Å². The van der Waals surface area contributed by atoms with E-state index in [1.807, 2.05) is 39.2 Å². The number of carbonyl (C=O) groups is 3. The number of rotatable bonds is 5. The van der Waals surface area contributed by atoms with Crippen molar-refractivity contribution >= 4 is 39.5 Å². The normalized spacial score (nSPS) is 18.0. The lowest BCUT2D eigenvalue weighted by molar-refractivity contribution is -0.125. The first-order valence-electron chi connectivity index (χ1n) is 11.5. The summed E-state index contributed by atoms with van der Waals surface area (Å²) in [5, 5.41) is 5.28. The van der Waals surface area contributed by atoms with Gasteiger partial charge in [0, 0.05) is 18.1 Å². The fourth-order valence-electron chi connectivity index (χ4n) is 5.29. The Morgan fingerprint density at radius 3 is 2.49 bits per heavy atom. The summed E-state index contributed by atoms with van der Waals surface area (Å²) >= 11 is 0. The van der Waals surface area contributed by atoms with Gasteiger partial charge in [-0.3, -0.25) is 14.9 Å². The number of methoxy groups -OCH3 is 1. The zero-order chi connectivity index (χ0) is 24.9. The molecule has 2 heterocycles. The number of nitrogens with zero attached hydrogens (tertiary/aromatic N) is 1. The molecule has 178 valence electrons. The van der Waals surface area contributed by atoms with Gasteiger partial charge >= 0.3 is 5.97 Å². The Morgan fingerprint density at radius 1 is 1.00 bits per heavy atom. The number of hydrogen-bond donors (Lipinski definition) is 2. The van der Waals surface area contributed by atoms with Gasteiger partial charge in [0.05, 0.1) is 30.0 Å². The molecule has 0 aliphatic carbocycles. The number of aryl methyl sites for hydroxylation is 1. The minimum Gasteiger partial charge on any atom is -0.465 e. The first-order valence-corrected chi connectivity index (χ1v) is 11.5. The van der Waals surface area contributed by atoms with Gasteiger partial charge in [-0.05, 0) is 66.2 Å². The van der Waals surface area contributed by atoms with Crippen molar-refractivity contribution in [3.05, 3.63) is 82.5 Å². The molecule has 1 fully saturated rings. The standard InChI is InChI=1S/C28H27N3O4/c1-15-8-10-17-11-9-16(14-31(2)3)12-20(17)22(15)24-23(26(32)30-27(24)33)21-13-29-25-18(21)6-5-7-19(25)28(34)35-4/h5-13,23-24,29H,14H2,1-4H3,(H,30,32,33). The van der Waals surface area contributed by atoms with Gasteiger partial charge in [0.25, 0.3) is 0 Å². The molecule has 1 aliphatic heterocycles. The zero-order valence-corrected chi connectivity index (χ0v) is 20.1. The van der Waals surface area contributed by atoms with E-state index < -0.39 is 17.8 Å². The van der Waals surface area contributed by atoms with E-state index in [-0.39, 0.29) is 11.8 Å². The lowest BCUT2D eigenvalue weighted by Gasteiger charge is -2.21. The molecule has 7 heteroatoms. The van der Waals surface area contributed by atoms with E-state index in [1.165, 1.54) is 7.11 Å². The summed E-state index contributed by atoms with van der Waals surface area (Å²) in [7, 11) is 5.36. The fourth-order valence-corrected chi connectivity index (χ4v) is 5.29. The van der Waals surface area contributed by atoms with Crippen molar-refractivity contribution < 1.29 is 19.1 Å². The van der Waals surface area contributed by atoms with Crippen LogP contribution in [0.2, 0.25) is 0 Å². The summed E-state index contributed by atoms with van der Waals surface area (Å²) in [6.45, 7) is 2.74. The summed E-state index contributed by atoms with van der Waals surface area (Å²) in [6, 6.07) is 15.6. The van der Waals surface area contributed by atoms with Crippen LogP contribution in [0.25, 0.3) is 21.7 Å². The first kappa shape index (κ1) is 22.8. The molecule has 1 aliphatic rings. The summed E-state index contributed by atoms with van der Waals surface area (Å²) < 4.78 is 4.91. The minimum absolute atomic E-state index is 0.313. The van der Waals surface area contributed by atoms with Gasteiger partial charge in [0.15, 0.2) is 0 Å². The van der Waals surface area contributed by atoms with Crippen LogP contribution in [0, 0.1) is 6.92 Å². The van der Waals surface area contributed by atoms with E-state index in [2.05, 4.69) is 33.4 Å². The number of imide groups is 1. The number of benzene rings is 3. The Balaban J connectivity index is 1.71. The summed E-state index contributed by atoms with van der Waals surface area (Å²) in [5.41, 5.74) is 4.59. The van der Waals surface area contributed by atoms with E-state index in [1.54, 1.807) is 18.3 Å². The molecule has 3 aromatic carbocycles.